The van der Waals surface area contributed by atoms with Gasteiger partial charge in [0.25, 0.3) is 5.56 Å². The highest BCUT2D eigenvalue weighted by molar-refractivity contribution is 5.90. The molecule has 5 aromatic rings. The van der Waals surface area contributed by atoms with Gasteiger partial charge >= 0.3 is 18.1 Å². The minimum atomic E-state index is -5.08. The van der Waals surface area contributed by atoms with Gasteiger partial charge in [0.2, 0.25) is 0 Å². The minimum absolute atomic E-state index is 0.232. The minimum Gasteiger partial charge on any atom is -0.477 e. The summed E-state index contributed by atoms with van der Waals surface area (Å²) >= 11 is 0. The molecule has 2 heterocycles. The van der Waals surface area contributed by atoms with Crippen LogP contribution in [0.3, 0.4) is 0 Å². The van der Waals surface area contributed by atoms with Crippen LogP contribution in [-0.4, -0.2) is 42.8 Å². The molecule has 5 rings (SSSR count). The molecule has 3 N–H and O–H groups in total. The van der Waals surface area contributed by atoms with Gasteiger partial charge in [-0.2, -0.15) is 13.2 Å². The van der Waals surface area contributed by atoms with Crippen molar-refractivity contribution < 1.29 is 33.0 Å². The van der Waals surface area contributed by atoms with Crippen LogP contribution in [0.5, 0.6) is 0 Å². The Balaban J connectivity index is 0.000000591. The van der Waals surface area contributed by atoms with Gasteiger partial charge in [-0.1, -0.05) is 73.7 Å². The predicted octanol–water partition coefficient (Wildman–Crippen LogP) is 6.63. The molecule has 0 fully saturated rings. The van der Waals surface area contributed by atoms with Gasteiger partial charge in [0.15, 0.2) is 0 Å². The standard InChI is InChI=1S/C32H31N3O3.C2HF3O2/c1-3-24-16-28(32(37)38)31(36)33-30(24)25-14-15-29-27(17-25)26(20-34(29)2)21-35(18-22-10-6-4-7-11-22)19-23-12-8-5-9-13-23;3-2(4,5)1(6)7/h4-17,20H,3,18-19,21H2,1-2H3,(H,33,36)(H,37,38);(H,6,7). The molecule has 0 spiro atoms. The third-order valence-electron chi connectivity index (χ3n) is 7.23. The summed E-state index contributed by atoms with van der Waals surface area (Å²) in [6.45, 7) is 4.34. The Hall–Kier alpha value is -5.16. The van der Waals surface area contributed by atoms with E-state index in [2.05, 4.69) is 81.3 Å². The van der Waals surface area contributed by atoms with Crippen LogP contribution < -0.4 is 5.56 Å². The number of nitrogens with one attached hydrogen (secondary N) is 1. The fourth-order valence-electron chi connectivity index (χ4n) is 5.12. The normalized spacial score (nSPS) is 11.3. The zero-order valence-corrected chi connectivity index (χ0v) is 24.6. The van der Waals surface area contributed by atoms with Gasteiger partial charge in [0.05, 0.1) is 5.69 Å². The highest BCUT2D eigenvalue weighted by Crippen LogP contribution is 2.30. The van der Waals surface area contributed by atoms with Crippen molar-refractivity contribution in [1.29, 1.82) is 0 Å². The van der Waals surface area contributed by atoms with Crippen molar-refractivity contribution >= 4 is 22.8 Å². The molecule has 45 heavy (non-hydrogen) atoms. The Bertz CT molecular complexity index is 1810. The zero-order chi connectivity index (χ0) is 32.7. The number of halogens is 3. The van der Waals surface area contributed by atoms with E-state index in [-0.39, 0.29) is 5.56 Å². The highest BCUT2D eigenvalue weighted by atomic mass is 19.4. The monoisotopic (exact) mass is 619 g/mol. The molecular weight excluding hydrogens is 587 g/mol. The second-order valence-corrected chi connectivity index (χ2v) is 10.5. The van der Waals surface area contributed by atoms with Gasteiger partial charge in [0.1, 0.15) is 5.56 Å². The molecule has 0 atom stereocenters. The maximum Gasteiger partial charge on any atom is 0.490 e. The first-order valence-electron chi connectivity index (χ1n) is 14.1. The number of aryl methyl sites for hydroxylation is 2. The van der Waals surface area contributed by atoms with Gasteiger partial charge in [-0.15, -0.1) is 0 Å². The third-order valence-corrected chi connectivity index (χ3v) is 7.23. The molecule has 0 saturated heterocycles. The topological polar surface area (TPSA) is 116 Å². The number of fused-ring (bicyclic) bond motifs is 1. The van der Waals surface area contributed by atoms with Crippen molar-refractivity contribution in [2.45, 2.75) is 39.2 Å². The molecule has 8 nitrogen and oxygen atoms in total. The van der Waals surface area contributed by atoms with Gasteiger partial charge in [-0.25, -0.2) is 9.59 Å². The zero-order valence-electron chi connectivity index (χ0n) is 24.6. The van der Waals surface area contributed by atoms with E-state index in [0.717, 1.165) is 41.7 Å². The number of aromatic nitrogens is 2. The molecule has 3 aromatic carbocycles. The maximum absolute atomic E-state index is 12.5. The smallest absolute Gasteiger partial charge is 0.477 e. The first kappa shape index (κ1) is 32.7. The second-order valence-electron chi connectivity index (χ2n) is 10.5. The van der Waals surface area contributed by atoms with Crippen LogP contribution in [0.1, 0.15) is 39.5 Å². The number of aliphatic carboxylic acids is 1. The first-order chi connectivity index (χ1) is 21.4. The number of carbonyl (C=O) groups is 2. The Morgan fingerprint density at radius 2 is 1.40 bits per heavy atom. The number of hydrogen-bond donors (Lipinski definition) is 3. The van der Waals surface area contributed by atoms with Crippen molar-refractivity contribution in [2.24, 2.45) is 7.05 Å². The summed E-state index contributed by atoms with van der Waals surface area (Å²) < 4.78 is 33.9. The van der Waals surface area contributed by atoms with Crippen molar-refractivity contribution in [1.82, 2.24) is 14.5 Å². The number of carboxylic acids is 2. The highest BCUT2D eigenvalue weighted by Gasteiger charge is 2.38. The number of rotatable bonds is 9. The number of H-pyrrole nitrogens is 1. The van der Waals surface area contributed by atoms with E-state index in [4.69, 9.17) is 9.90 Å². The van der Waals surface area contributed by atoms with Crippen LogP contribution in [0.15, 0.2) is 95.9 Å². The van der Waals surface area contributed by atoms with Crippen LogP contribution in [-0.2, 0) is 37.9 Å². The lowest BCUT2D eigenvalue weighted by atomic mass is 10.00. The number of benzene rings is 3. The lowest BCUT2D eigenvalue weighted by molar-refractivity contribution is -0.192. The average Bonchev–Trinajstić information content (AvgIpc) is 3.31. The Labute approximate surface area is 257 Å². The maximum atomic E-state index is 12.5. The van der Waals surface area contributed by atoms with E-state index in [1.165, 1.54) is 22.8 Å². The largest absolute Gasteiger partial charge is 0.490 e. The van der Waals surface area contributed by atoms with Crippen LogP contribution in [0.2, 0.25) is 0 Å². The van der Waals surface area contributed by atoms with E-state index < -0.39 is 23.7 Å². The van der Waals surface area contributed by atoms with E-state index in [9.17, 15) is 27.9 Å². The molecule has 0 aliphatic rings. The molecule has 0 unspecified atom stereocenters. The number of carboxylic acid groups (broad SMARTS) is 2. The van der Waals surface area contributed by atoms with Crippen molar-refractivity contribution in [3.63, 3.8) is 0 Å². The molecule has 0 saturated carbocycles. The lowest BCUT2D eigenvalue weighted by Crippen LogP contribution is -2.22. The van der Waals surface area contributed by atoms with E-state index in [0.29, 0.717) is 12.1 Å². The molecule has 0 amide bonds. The third kappa shape index (κ3) is 8.27. The molecule has 2 aromatic heterocycles. The van der Waals surface area contributed by atoms with Gasteiger partial charge in [-0.05, 0) is 52.4 Å². The SMILES string of the molecule is CCc1cc(C(=O)O)c(=O)[nH]c1-c1ccc2c(c1)c(CN(Cc1ccccc1)Cc1ccccc1)cn2C.O=C(O)C(F)(F)F. The lowest BCUT2D eigenvalue weighted by Gasteiger charge is -2.22. The number of nitrogens with zero attached hydrogens (tertiary/aromatic N) is 2. The summed E-state index contributed by atoms with van der Waals surface area (Å²) in [5.41, 5.74) is 6.33. The molecule has 0 aliphatic carbocycles. The second kappa shape index (κ2) is 14.1. The van der Waals surface area contributed by atoms with Gasteiger partial charge < -0.3 is 19.8 Å². The Morgan fingerprint density at radius 3 is 1.89 bits per heavy atom. The summed E-state index contributed by atoms with van der Waals surface area (Å²) in [4.78, 5) is 38.2. The Kier molecular flexibility index (Phi) is 10.2. The summed E-state index contributed by atoms with van der Waals surface area (Å²) in [5.74, 6) is -3.97. The van der Waals surface area contributed by atoms with Crippen LogP contribution >= 0.6 is 0 Å². The van der Waals surface area contributed by atoms with Crippen molar-refractivity contribution in [2.75, 3.05) is 0 Å². The van der Waals surface area contributed by atoms with E-state index in [1.807, 2.05) is 32.2 Å². The van der Waals surface area contributed by atoms with Crippen molar-refractivity contribution in [3.05, 3.63) is 129 Å². The van der Waals surface area contributed by atoms with Crippen LogP contribution in [0.4, 0.5) is 13.2 Å². The number of alkyl halides is 3. The number of aromatic amines is 1. The van der Waals surface area contributed by atoms with Crippen molar-refractivity contribution in [3.8, 4) is 11.3 Å². The Morgan fingerprint density at radius 1 is 0.844 bits per heavy atom. The fraction of sp³-hybridized carbons (Fsp3) is 0.206. The summed E-state index contributed by atoms with van der Waals surface area (Å²) in [6, 6.07) is 28.6. The number of aromatic carboxylic acids is 1. The van der Waals surface area contributed by atoms with Crippen LogP contribution in [0.25, 0.3) is 22.2 Å². The predicted molar refractivity (Wildman–Crippen MR) is 165 cm³/mol. The molecule has 0 bridgehead atoms. The van der Waals surface area contributed by atoms with E-state index >= 15 is 0 Å². The summed E-state index contributed by atoms with van der Waals surface area (Å²) in [5, 5.41) is 17.6. The summed E-state index contributed by atoms with van der Waals surface area (Å²) in [7, 11) is 2.05. The van der Waals surface area contributed by atoms with E-state index in [1.54, 1.807) is 0 Å². The molecule has 0 aliphatic heterocycles. The van der Waals surface area contributed by atoms with Gasteiger partial charge in [0, 0.05) is 43.8 Å². The van der Waals surface area contributed by atoms with Gasteiger partial charge in [-0.3, -0.25) is 9.69 Å². The molecule has 234 valence electrons. The summed E-state index contributed by atoms with van der Waals surface area (Å²) in [6.07, 6.45) is -2.30. The molecular formula is C34H32F3N3O5. The average molecular weight is 620 g/mol. The molecule has 11 heteroatoms. The number of hydrogen-bond acceptors (Lipinski definition) is 4. The fourth-order valence-corrected chi connectivity index (χ4v) is 5.12. The number of pyridine rings is 1. The quantitative estimate of drug-likeness (QED) is 0.171. The first-order valence-corrected chi connectivity index (χ1v) is 14.1. The van der Waals surface area contributed by atoms with Crippen LogP contribution in [0, 0.1) is 0 Å². The molecule has 0 radical (unpaired) electrons.